The molecule has 1 unspecified atom stereocenters. The smallest absolute Gasteiger partial charge is 0.191 e. The standard InChI is InChI=1S/C18H30N4O.HI/c1-14(22-11-10-15-8-6-7-9-16(15)22)12-20-17(19-4)21-13-18(2,3)23-5;/h6-9,14H,10-13H2,1-5H3,(H2,19,20,21);1H. The first kappa shape index (κ1) is 21.0. The summed E-state index contributed by atoms with van der Waals surface area (Å²) in [5.74, 6) is 0.814. The molecule has 136 valence electrons. The zero-order chi connectivity index (χ0) is 16.9. The van der Waals surface area contributed by atoms with E-state index in [0.29, 0.717) is 12.6 Å². The molecule has 0 aromatic heterocycles. The quantitative estimate of drug-likeness (QED) is 0.401. The second-order valence-corrected chi connectivity index (χ2v) is 6.69. The number of hydrogen-bond acceptors (Lipinski definition) is 3. The number of halogens is 1. The molecule has 24 heavy (non-hydrogen) atoms. The number of aliphatic imine (C=N–C) groups is 1. The highest BCUT2D eigenvalue weighted by Gasteiger charge is 2.23. The summed E-state index contributed by atoms with van der Waals surface area (Å²) >= 11 is 0. The van der Waals surface area contributed by atoms with Crippen molar-refractivity contribution in [3.8, 4) is 0 Å². The Kier molecular flexibility index (Phi) is 8.29. The lowest BCUT2D eigenvalue weighted by molar-refractivity contribution is 0.0268. The van der Waals surface area contributed by atoms with Gasteiger partial charge in [0.05, 0.1) is 5.60 Å². The predicted octanol–water partition coefficient (Wildman–Crippen LogP) is 2.65. The molecule has 5 nitrogen and oxygen atoms in total. The van der Waals surface area contributed by atoms with Crippen molar-refractivity contribution in [3.05, 3.63) is 29.8 Å². The first-order chi connectivity index (χ1) is 11.0. The van der Waals surface area contributed by atoms with E-state index >= 15 is 0 Å². The Morgan fingerprint density at radius 2 is 2.04 bits per heavy atom. The van der Waals surface area contributed by atoms with Gasteiger partial charge < -0.3 is 20.3 Å². The number of anilines is 1. The maximum atomic E-state index is 5.42. The number of rotatable bonds is 6. The number of hydrogen-bond donors (Lipinski definition) is 2. The van der Waals surface area contributed by atoms with E-state index in [4.69, 9.17) is 4.74 Å². The van der Waals surface area contributed by atoms with Gasteiger partial charge in [0.2, 0.25) is 0 Å². The number of para-hydroxylation sites is 1. The number of methoxy groups -OCH3 is 1. The molecular weight excluding hydrogens is 415 g/mol. The van der Waals surface area contributed by atoms with Crippen LogP contribution in [-0.4, -0.2) is 51.4 Å². The van der Waals surface area contributed by atoms with Gasteiger partial charge in [0, 0.05) is 45.5 Å². The van der Waals surface area contributed by atoms with E-state index in [0.717, 1.165) is 25.5 Å². The zero-order valence-corrected chi connectivity index (χ0v) is 17.8. The fourth-order valence-electron chi connectivity index (χ4n) is 2.77. The number of guanidine groups is 1. The molecule has 1 atom stereocenters. The van der Waals surface area contributed by atoms with Crippen molar-refractivity contribution in [2.75, 3.05) is 38.7 Å². The van der Waals surface area contributed by atoms with Gasteiger partial charge in [-0.05, 0) is 38.8 Å². The summed E-state index contributed by atoms with van der Waals surface area (Å²) in [5.41, 5.74) is 2.60. The summed E-state index contributed by atoms with van der Waals surface area (Å²) in [6, 6.07) is 9.09. The minimum absolute atomic E-state index is 0. The lowest BCUT2D eigenvalue weighted by Crippen LogP contribution is -2.49. The summed E-state index contributed by atoms with van der Waals surface area (Å²) in [6.45, 7) is 9.01. The SMILES string of the molecule is CN=C(NCC(C)N1CCc2ccccc21)NCC(C)(C)OC.I. The van der Waals surface area contributed by atoms with Crippen molar-refractivity contribution in [3.63, 3.8) is 0 Å². The third-order valence-corrected chi connectivity index (χ3v) is 4.48. The van der Waals surface area contributed by atoms with Crippen molar-refractivity contribution in [2.45, 2.75) is 38.8 Å². The van der Waals surface area contributed by atoms with Crippen molar-refractivity contribution >= 4 is 35.6 Å². The number of benzene rings is 1. The van der Waals surface area contributed by atoms with Crippen LogP contribution in [0.5, 0.6) is 0 Å². The van der Waals surface area contributed by atoms with Crippen molar-refractivity contribution in [1.29, 1.82) is 0 Å². The van der Waals surface area contributed by atoms with E-state index in [2.05, 4.69) is 65.6 Å². The molecule has 2 N–H and O–H groups in total. The zero-order valence-electron chi connectivity index (χ0n) is 15.4. The highest BCUT2D eigenvalue weighted by atomic mass is 127. The molecule has 0 spiro atoms. The van der Waals surface area contributed by atoms with Crippen LogP contribution < -0.4 is 15.5 Å². The summed E-state index contributed by atoms with van der Waals surface area (Å²) in [4.78, 5) is 6.76. The number of nitrogens with one attached hydrogen (secondary N) is 2. The molecule has 0 aliphatic carbocycles. The fourth-order valence-corrected chi connectivity index (χ4v) is 2.77. The average Bonchev–Trinajstić information content (AvgIpc) is 2.99. The van der Waals surface area contributed by atoms with Crippen molar-refractivity contribution in [2.24, 2.45) is 4.99 Å². The van der Waals surface area contributed by atoms with Gasteiger partial charge >= 0.3 is 0 Å². The lowest BCUT2D eigenvalue weighted by Gasteiger charge is -2.29. The van der Waals surface area contributed by atoms with Gasteiger partial charge in [0.1, 0.15) is 0 Å². The molecule has 1 aliphatic rings. The average molecular weight is 446 g/mol. The molecule has 0 saturated heterocycles. The second kappa shape index (κ2) is 9.46. The fraction of sp³-hybridized carbons (Fsp3) is 0.611. The maximum absolute atomic E-state index is 5.42. The van der Waals surface area contributed by atoms with Crippen LogP contribution in [0.1, 0.15) is 26.3 Å². The molecule has 0 amide bonds. The Morgan fingerprint density at radius 3 is 2.71 bits per heavy atom. The van der Waals surface area contributed by atoms with E-state index in [1.54, 1.807) is 14.2 Å². The van der Waals surface area contributed by atoms with E-state index in [9.17, 15) is 0 Å². The highest BCUT2D eigenvalue weighted by molar-refractivity contribution is 14.0. The van der Waals surface area contributed by atoms with Crippen LogP contribution in [0.25, 0.3) is 0 Å². The normalized spacial score (nSPS) is 15.5. The monoisotopic (exact) mass is 446 g/mol. The third-order valence-electron chi connectivity index (χ3n) is 4.48. The third kappa shape index (κ3) is 5.51. The molecule has 1 aliphatic heterocycles. The van der Waals surface area contributed by atoms with Gasteiger partial charge in [0.15, 0.2) is 5.96 Å². The van der Waals surface area contributed by atoms with Crippen LogP contribution >= 0.6 is 24.0 Å². The number of ether oxygens (including phenoxy) is 1. The molecule has 0 fully saturated rings. The molecule has 0 bridgehead atoms. The first-order valence-electron chi connectivity index (χ1n) is 8.31. The molecule has 0 saturated carbocycles. The highest BCUT2D eigenvalue weighted by Crippen LogP contribution is 2.28. The summed E-state index contributed by atoms with van der Waals surface area (Å²) in [5, 5.41) is 6.74. The van der Waals surface area contributed by atoms with Crippen LogP contribution in [0, 0.1) is 0 Å². The van der Waals surface area contributed by atoms with Gasteiger partial charge in [0.25, 0.3) is 0 Å². The van der Waals surface area contributed by atoms with Crippen LogP contribution in [0.4, 0.5) is 5.69 Å². The van der Waals surface area contributed by atoms with E-state index in [1.165, 1.54) is 11.3 Å². The Morgan fingerprint density at radius 1 is 1.33 bits per heavy atom. The lowest BCUT2D eigenvalue weighted by atomic mass is 10.1. The Balaban J connectivity index is 0.00000288. The van der Waals surface area contributed by atoms with Gasteiger partial charge in [-0.15, -0.1) is 24.0 Å². The molecule has 6 heteroatoms. The molecular formula is C18H31IN4O. The topological polar surface area (TPSA) is 48.9 Å². The Bertz CT molecular complexity index is 548. The van der Waals surface area contributed by atoms with Gasteiger partial charge in [-0.2, -0.15) is 0 Å². The molecule has 1 heterocycles. The van der Waals surface area contributed by atoms with Crippen LogP contribution in [0.2, 0.25) is 0 Å². The van der Waals surface area contributed by atoms with Gasteiger partial charge in [-0.1, -0.05) is 18.2 Å². The minimum atomic E-state index is -0.211. The number of fused-ring (bicyclic) bond motifs is 1. The first-order valence-corrected chi connectivity index (χ1v) is 8.31. The van der Waals surface area contributed by atoms with Crippen molar-refractivity contribution < 1.29 is 4.74 Å². The summed E-state index contributed by atoms with van der Waals surface area (Å²) in [6.07, 6.45) is 1.13. The number of nitrogens with zero attached hydrogens (tertiary/aromatic N) is 2. The molecule has 1 aromatic carbocycles. The molecule has 0 radical (unpaired) electrons. The van der Waals surface area contributed by atoms with Crippen LogP contribution in [0.3, 0.4) is 0 Å². The summed E-state index contributed by atoms with van der Waals surface area (Å²) in [7, 11) is 3.52. The minimum Gasteiger partial charge on any atom is -0.377 e. The van der Waals surface area contributed by atoms with Gasteiger partial charge in [-0.3, -0.25) is 4.99 Å². The summed E-state index contributed by atoms with van der Waals surface area (Å²) < 4.78 is 5.42. The van der Waals surface area contributed by atoms with E-state index < -0.39 is 0 Å². The van der Waals surface area contributed by atoms with Crippen molar-refractivity contribution in [1.82, 2.24) is 10.6 Å². The van der Waals surface area contributed by atoms with Crippen LogP contribution in [-0.2, 0) is 11.2 Å². The van der Waals surface area contributed by atoms with E-state index in [1.807, 2.05) is 0 Å². The molecule has 2 rings (SSSR count). The predicted molar refractivity (Wildman–Crippen MR) is 113 cm³/mol. The second-order valence-electron chi connectivity index (χ2n) is 6.69. The Labute approximate surface area is 163 Å². The van der Waals surface area contributed by atoms with E-state index in [-0.39, 0.29) is 29.6 Å². The largest absolute Gasteiger partial charge is 0.377 e. The maximum Gasteiger partial charge on any atom is 0.191 e. The Hall–Kier alpha value is -1.02. The van der Waals surface area contributed by atoms with Gasteiger partial charge in [-0.25, -0.2) is 0 Å². The van der Waals surface area contributed by atoms with Crippen LogP contribution in [0.15, 0.2) is 29.3 Å². The molecule has 1 aromatic rings.